The molecule has 202 valence electrons. The first kappa shape index (κ1) is 33.0. The molecule has 6 heteroatoms. The normalized spacial score (nSPS) is 14.2. The van der Waals surface area contributed by atoms with E-state index in [-0.39, 0.29) is 40.1 Å². The second-order valence-corrected chi connectivity index (χ2v) is 13.0. The molecule has 0 rings (SSSR count). The zero-order chi connectivity index (χ0) is 26.9. The lowest BCUT2D eigenvalue weighted by Crippen LogP contribution is -2.46. The predicted molar refractivity (Wildman–Crippen MR) is 142 cm³/mol. The van der Waals surface area contributed by atoms with E-state index in [9.17, 15) is 9.59 Å². The highest BCUT2D eigenvalue weighted by Gasteiger charge is 2.28. The van der Waals surface area contributed by atoms with E-state index in [1.54, 1.807) is 4.90 Å². The maximum absolute atomic E-state index is 12.8. The van der Waals surface area contributed by atoms with Gasteiger partial charge in [-0.3, -0.25) is 14.5 Å². The molecule has 0 aliphatic heterocycles. The van der Waals surface area contributed by atoms with Crippen LogP contribution in [0, 0.1) is 16.7 Å². The maximum Gasteiger partial charge on any atom is 0.224 e. The van der Waals surface area contributed by atoms with Crippen LogP contribution < -0.4 is 0 Å². The molecular formula is C28H56N2O4. The number of carbonyl (C=O) groups is 2. The highest BCUT2D eigenvalue weighted by molar-refractivity contribution is 5.80. The highest BCUT2D eigenvalue weighted by atomic mass is 16.5. The largest absolute Gasteiger partial charge is 0.380 e. The molecule has 1 atom stereocenters. The third-order valence-corrected chi connectivity index (χ3v) is 6.68. The lowest BCUT2D eigenvalue weighted by molar-refractivity contribution is -0.135. The summed E-state index contributed by atoms with van der Waals surface area (Å²) in [5.74, 6) is 0.404. The van der Waals surface area contributed by atoms with Crippen molar-refractivity contribution in [1.82, 2.24) is 9.80 Å². The van der Waals surface area contributed by atoms with Crippen LogP contribution in [0.5, 0.6) is 0 Å². The molecule has 0 aromatic carbocycles. The van der Waals surface area contributed by atoms with Crippen LogP contribution in [0.2, 0.25) is 0 Å². The zero-order valence-corrected chi connectivity index (χ0v) is 24.7. The van der Waals surface area contributed by atoms with Gasteiger partial charge in [0, 0.05) is 49.5 Å². The van der Waals surface area contributed by atoms with Gasteiger partial charge in [-0.1, -0.05) is 41.5 Å². The van der Waals surface area contributed by atoms with Crippen molar-refractivity contribution in [2.45, 2.75) is 113 Å². The summed E-state index contributed by atoms with van der Waals surface area (Å²) in [6.07, 6.45) is 1.69. The molecule has 0 aromatic heterocycles. The van der Waals surface area contributed by atoms with Gasteiger partial charge in [0.2, 0.25) is 5.91 Å². The fourth-order valence-corrected chi connectivity index (χ4v) is 3.95. The summed E-state index contributed by atoms with van der Waals surface area (Å²) in [6, 6.07) is 0.476. The van der Waals surface area contributed by atoms with Crippen molar-refractivity contribution in [2.75, 3.05) is 40.5 Å². The lowest BCUT2D eigenvalue weighted by Gasteiger charge is -2.38. The summed E-state index contributed by atoms with van der Waals surface area (Å²) >= 11 is 0. The molecule has 1 amide bonds. The van der Waals surface area contributed by atoms with Gasteiger partial charge >= 0.3 is 0 Å². The zero-order valence-electron chi connectivity index (χ0n) is 24.7. The Kier molecular flexibility index (Phi) is 13.5. The van der Waals surface area contributed by atoms with E-state index in [1.165, 1.54) is 0 Å². The summed E-state index contributed by atoms with van der Waals surface area (Å²) in [4.78, 5) is 29.0. The van der Waals surface area contributed by atoms with Crippen molar-refractivity contribution in [2.24, 2.45) is 16.7 Å². The molecule has 0 saturated heterocycles. The Bertz CT molecular complexity index is 626. The maximum atomic E-state index is 12.8. The number of ether oxygens (including phenoxy) is 2. The van der Waals surface area contributed by atoms with Crippen LogP contribution in [0.4, 0.5) is 0 Å². The minimum Gasteiger partial charge on any atom is -0.380 e. The summed E-state index contributed by atoms with van der Waals surface area (Å²) in [6.45, 7) is 25.4. The Morgan fingerprint density at radius 3 is 1.88 bits per heavy atom. The van der Waals surface area contributed by atoms with Gasteiger partial charge in [0.05, 0.1) is 25.7 Å². The summed E-state index contributed by atoms with van der Waals surface area (Å²) < 4.78 is 12.0. The van der Waals surface area contributed by atoms with Crippen molar-refractivity contribution in [3.05, 3.63) is 0 Å². The third kappa shape index (κ3) is 13.2. The second-order valence-electron chi connectivity index (χ2n) is 13.0. The van der Waals surface area contributed by atoms with Crippen molar-refractivity contribution in [1.29, 1.82) is 0 Å². The monoisotopic (exact) mass is 484 g/mol. The van der Waals surface area contributed by atoms with E-state index in [4.69, 9.17) is 9.47 Å². The van der Waals surface area contributed by atoms with Gasteiger partial charge in [-0.15, -0.1) is 0 Å². The Balaban J connectivity index is 4.48. The summed E-state index contributed by atoms with van der Waals surface area (Å²) in [5.41, 5.74) is -0.322. The van der Waals surface area contributed by atoms with E-state index < -0.39 is 0 Å². The minimum absolute atomic E-state index is 0.0506. The number of ketones is 1. The molecule has 1 unspecified atom stereocenters. The van der Waals surface area contributed by atoms with E-state index in [0.29, 0.717) is 45.2 Å². The van der Waals surface area contributed by atoms with Gasteiger partial charge in [-0.05, 0) is 53.5 Å². The molecule has 0 N–H and O–H groups in total. The highest BCUT2D eigenvalue weighted by Crippen LogP contribution is 2.25. The molecular weight excluding hydrogens is 428 g/mol. The number of amides is 1. The molecule has 0 fully saturated rings. The van der Waals surface area contributed by atoms with Crippen LogP contribution in [0.15, 0.2) is 0 Å². The van der Waals surface area contributed by atoms with Crippen LogP contribution in [-0.2, 0) is 19.1 Å². The van der Waals surface area contributed by atoms with E-state index in [1.807, 2.05) is 27.8 Å². The van der Waals surface area contributed by atoms with Crippen LogP contribution in [0.3, 0.4) is 0 Å². The van der Waals surface area contributed by atoms with E-state index in [2.05, 4.69) is 67.3 Å². The number of carbonyl (C=O) groups excluding carboxylic acids is 2. The molecule has 0 aromatic rings. The number of hydrogen-bond acceptors (Lipinski definition) is 5. The van der Waals surface area contributed by atoms with Crippen LogP contribution >= 0.6 is 0 Å². The Morgan fingerprint density at radius 2 is 1.38 bits per heavy atom. The summed E-state index contributed by atoms with van der Waals surface area (Å²) in [7, 11) is 3.99. The number of Topliss-reactive ketones (excluding diaryl/α,β-unsaturated/α-hetero) is 1. The molecule has 0 saturated carbocycles. The van der Waals surface area contributed by atoms with Crippen LogP contribution in [0.25, 0.3) is 0 Å². The van der Waals surface area contributed by atoms with E-state index >= 15 is 0 Å². The van der Waals surface area contributed by atoms with Crippen LogP contribution in [-0.4, -0.2) is 79.6 Å². The molecule has 0 bridgehead atoms. The molecule has 0 heterocycles. The van der Waals surface area contributed by atoms with Crippen molar-refractivity contribution < 1.29 is 19.1 Å². The lowest BCUT2D eigenvalue weighted by atomic mass is 9.85. The Labute approximate surface area is 211 Å². The average Bonchev–Trinajstić information content (AvgIpc) is 2.65. The van der Waals surface area contributed by atoms with Gasteiger partial charge in [0.25, 0.3) is 0 Å². The molecule has 0 radical (unpaired) electrons. The topological polar surface area (TPSA) is 59.1 Å². The van der Waals surface area contributed by atoms with Gasteiger partial charge in [-0.25, -0.2) is 0 Å². The smallest absolute Gasteiger partial charge is 0.224 e. The number of hydrogen-bond donors (Lipinski definition) is 0. The second kappa shape index (κ2) is 13.9. The molecule has 0 aliphatic carbocycles. The van der Waals surface area contributed by atoms with Crippen molar-refractivity contribution in [3.8, 4) is 0 Å². The first-order chi connectivity index (χ1) is 15.3. The van der Waals surface area contributed by atoms with Gasteiger partial charge in [0.1, 0.15) is 5.78 Å². The molecule has 0 spiro atoms. The standard InChI is InChI=1S/C28H56N2O4/c1-21(2)24(31)17-26(6,7)19-33-20-27(8,9)18-29(12)25(32)16-23(5)34-15-14-28(10,11)30(13)22(3)4/h21-23H,14-20H2,1-13H3. The first-order valence-electron chi connectivity index (χ1n) is 13.0. The van der Waals surface area contributed by atoms with Gasteiger partial charge in [-0.2, -0.15) is 0 Å². The molecule has 34 heavy (non-hydrogen) atoms. The fraction of sp³-hybridized carbons (Fsp3) is 0.929. The van der Waals surface area contributed by atoms with E-state index in [0.717, 1.165) is 6.42 Å². The number of rotatable bonds is 17. The predicted octanol–water partition coefficient (Wildman–Crippen LogP) is 5.43. The van der Waals surface area contributed by atoms with Crippen molar-refractivity contribution in [3.63, 3.8) is 0 Å². The Morgan fingerprint density at radius 1 is 0.853 bits per heavy atom. The SMILES string of the molecule is CC(CC(=O)N(C)CC(C)(C)COCC(C)(C)CC(=O)C(C)C)OCCC(C)(C)N(C)C(C)C. The number of nitrogens with zero attached hydrogens (tertiary/aromatic N) is 2. The van der Waals surface area contributed by atoms with Gasteiger partial charge < -0.3 is 14.4 Å². The van der Waals surface area contributed by atoms with Gasteiger partial charge in [0.15, 0.2) is 0 Å². The molecule has 6 nitrogen and oxygen atoms in total. The average molecular weight is 485 g/mol. The first-order valence-corrected chi connectivity index (χ1v) is 13.0. The quantitative estimate of drug-likeness (QED) is 0.275. The third-order valence-electron chi connectivity index (χ3n) is 6.68. The van der Waals surface area contributed by atoms with Crippen LogP contribution in [0.1, 0.15) is 95.4 Å². The van der Waals surface area contributed by atoms with Crippen molar-refractivity contribution >= 4 is 11.7 Å². The Hall–Kier alpha value is -0.980. The molecule has 0 aliphatic rings. The fourth-order valence-electron chi connectivity index (χ4n) is 3.95. The summed E-state index contributed by atoms with van der Waals surface area (Å²) in [5, 5.41) is 0. The minimum atomic E-state index is -0.190.